The molecule has 128 valence electrons. The normalized spacial score (nSPS) is 10.5. The number of terminal acetylenes is 1. The maximum Gasteiger partial charge on any atom is 0.201 e. The fourth-order valence-electron chi connectivity index (χ4n) is 2.53. The summed E-state index contributed by atoms with van der Waals surface area (Å²) in [6, 6.07) is 2.76. The van der Waals surface area contributed by atoms with Crippen LogP contribution in [-0.4, -0.2) is 6.61 Å². The molecule has 3 heteroatoms. The van der Waals surface area contributed by atoms with Gasteiger partial charge in [-0.3, -0.25) is 0 Å². The minimum absolute atomic E-state index is 0.0579. The summed E-state index contributed by atoms with van der Waals surface area (Å²) in [5, 5.41) is 0. The highest BCUT2D eigenvalue weighted by molar-refractivity contribution is 5.39. The molecule has 1 nitrogen and oxygen atoms in total. The summed E-state index contributed by atoms with van der Waals surface area (Å²) in [4.78, 5) is 0. The van der Waals surface area contributed by atoms with E-state index in [2.05, 4.69) is 12.8 Å². The van der Waals surface area contributed by atoms with Crippen LogP contribution in [0.4, 0.5) is 8.78 Å². The molecule has 0 unspecified atom stereocenters. The second-order valence-electron chi connectivity index (χ2n) is 5.91. The van der Waals surface area contributed by atoms with Gasteiger partial charge in [0, 0.05) is 0 Å². The molecule has 1 aromatic carbocycles. The third kappa shape index (κ3) is 7.50. The lowest BCUT2D eigenvalue weighted by Gasteiger charge is -2.08. The molecular weight excluding hydrogens is 294 g/mol. The molecule has 0 N–H and O–H groups in total. The van der Waals surface area contributed by atoms with Crippen molar-refractivity contribution in [3.8, 4) is 18.1 Å². The molecule has 0 radical (unpaired) electrons. The highest BCUT2D eigenvalue weighted by atomic mass is 19.2. The molecule has 0 bridgehead atoms. The fourth-order valence-corrected chi connectivity index (χ4v) is 2.53. The monoisotopic (exact) mass is 322 g/mol. The van der Waals surface area contributed by atoms with Crippen LogP contribution >= 0.6 is 0 Å². The van der Waals surface area contributed by atoms with Gasteiger partial charge in [-0.15, -0.1) is 6.42 Å². The van der Waals surface area contributed by atoms with Gasteiger partial charge in [0.25, 0.3) is 0 Å². The van der Waals surface area contributed by atoms with E-state index in [4.69, 9.17) is 11.2 Å². The first-order valence-electron chi connectivity index (χ1n) is 8.78. The number of halogens is 2. The van der Waals surface area contributed by atoms with Crippen molar-refractivity contribution in [3.63, 3.8) is 0 Å². The lowest BCUT2D eigenvalue weighted by Crippen LogP contribution is -2.01. The van der Waals surface area contributed by atoms with E-state index in [0.717, 1.165) is 12.8 Å². The molecule has 0 atom stereocenters. The summed E-state index contributed by atoms with van der Waals surface area (Å²) < 4.78 is 32.5. The molecular formula is C20H28F2O. The van der Waals surface area contributed by atoms with Crippen molar-refractivity contribution in [2.45, 2.75) is 71.1 Å². The lowest BCUT2D eigenvalue weighted by atomic mass is 10.1. The van der Waals surface area contributed by atoms with Crippen molar-refractivity contribution in [2.75, 3.05) is 6.61 Å². The van der Waals surface area contributed by atoms with E-state index < -0.39 is 11.6 Å². The number of unbranched alkanes of at least 4 members (excludes halogenated alkanes) is 9. The molecule has 1 rings (SSSR count). The van der Waals surface area contributed by atoms with Crippen LogP contribution in [0.15, 0.2) is 12.1 Å². The third-order valence-corrected chi connectivity index (χ3v) is 3.96. The van der Waals surface area contributed by atoms with Gasteiger partial charge in [-0.25, -0.2) is 4.39 Å². The van der Waals surface area contributed by atoms with E-state index in [1.807, 2.05) is 0 Å². The molecule has 0 amide bonds. The Hall–Kier alpha value is -1.56. The Morgan fingerprint density at radius 2 is 1.43 bits per heavy atom. The van der Waals surface area contributed by atoms with Gasteiger partial charge in [0.2, 0.25) is 5.82 Å². The van der Waals surface area contributed by atoms with Crippen LogP contribution in [0.1, 0.15) is 76.7 Å². The van der Waals surface area contributed by atoms with Gasteiger partial charge in [-0.2, -0.15) is 4.39 Å². The Balaban J connectivity index is 2.08. The lowest BCUT2D eigenvalue weighted by molar-refractivity contribution is 0.284. The van der Waals surface area contributed by atoms with Gasteiger partial charge in [-0.1, -0.05) is 70.6 Å². The van der Waals surface area contributed by atoms with Crippen LogP contribution in [0, 0.1) is 24.0 Å². The predicted octanol–water partition coefficient (Wildman–Crippen LogP) is 6.25. The highest BCUT2D eigenvalue weighted by Gasteiger charge is 2.12. The van der Waals surface area contributed by atoms with E-state index in [1.54, 1.807) is 0 Å². The van der Waals surface area contributed by atoms with Crippen LogP contribution < -0.4 is 4.74 Å². The van der Waals surface area contributed by atoms with Crippen molar-refractivity contribution in [1.29, 1.82) is 0 Å². The van der Waals surface area contributed by atoms with Gasteiger partial charge < -0.3 is 4.74 Å². The second-order valence-corrected chi connectivity index (χ2v) is 5.91. The maximum absolute atomic E-state index is 13.7. The van der Waals surface area contributed by atoms with Crippen LogP contribution in [0.2, 0.25) is 0 Å². The molecule has 0 spiro atoms. The first-order chi connectivity index (χ1) is 11.2. The smallest absolute Gasteiger partial charge is 0.201 e. The van der Waals surface area contributed by atoms with Gasteiger partial charge in [0.1, 0.15) is 0 Å². The Morgan fingerprint density at radius 3 is 2.00 bits per heavy atom. The summed E-state index contributed by atoms with van der Waals surface area (Å²) in [6.45, 7) is 2.63. The number of hydrogen-bond acceptors (Lipinski definition) is 1. The largest absolute Gasteiger partial charge is 0.490 e. The number of benzene rings is 1. The molecule has 0 aliphatic carbocycles. The highest BCUT2D eigenvalue weighted by Crippen LogP contribution is 2.22. The zero-order valence-electron chi connectivity index (χ0n) is 14.2. The van der Waals surface area contributed by atoms with Gasteiger partial charge in [0.15, 0.2) is 11.6 Å². The Morgan fingerprint density at radius 1 is 0.870 bits per heavy atom. The van der Waals surface area contributed by atoms with Gasteiger partial charge in [0.05, 0.1) is 12.2 Å². The molecule has 0 fully saturated rings. The summed E-state index contributed by atoms with van der Waals surface area (Å²) in [5.41, 5.74) is -0.0752. The average molecular weight is 322 g/mol. The SMILES string of the molecule is C#Cc1ccc(OCCCCCCCCCCCC)c(F)c1F. The zero-order chi connectivity index (χ0) is 16.9. The van der Waals surface area contributed by atoms with Crippen LogP contribution in [0.3, 0.4) is 0 Å². The molecule has 0 aliphatic heterocycles. The van der Waals surface area contributed by atoms with E-state index in [0.29, 0.717) is 6.61 Å². The van der Waals surface area contributed by atoms with E-state index in [9.17, 15) is 8.78 Å². The zero-order valence-corrected chi connectivity index (χ0v) is 14.2. The minimum Gasteiger partial charge on any atom is -0.490 e. The van der Waals surface area contributed by atoms with Crippen molar-refractivity contribution in [2.24, 2.45) is 0 Å². The molecule has 0 saturated heterocycles. The Kier molecular flexibility index (Phi) is 10.1. The number of hydrogen-bond donors (Lipinski definition) is 0. The van der Waals surface area contributed by atoms with E-state index in [-0.39, 0.29) is 11.3 Å². The van der Waals surface area contributed by atoms with Crippen LogP contribution in [-0.2, 0) is 0 Å². The predicted molar refractivity (Wildman–Crippen MR) is 91.6 cm³/mol. The molecule has 23 heavy (non-hydrogen) atoms. The van der Waals surface area contributed by atoms with Crippen LogP contribution in [0.5, 0.6) is 5.75 Å². The Labute approximate surface area is 139 Å². The summed E-state index contributed by atoms with van der Waals surface area (Å²) in [6.07, 6.45) is 17.3. The van der Waals surface area contributed by atoms with Gasteiger partial charge in [-0.05, 0) is 18.6 Å². The number of ether oxygens (including phenoxy) is 1. The topological polar surface area (TPSA) is 9.23 Å². The summed E-state index contributed by atoms with van der Waals surface area (Å²) in [5.74, 6) is 0.0472. The second kappa shape index (κ2) is 11.9. The minimum atomic E-state index is -1.01. The first-order valence-corrected chi connectivity index (χ1v) is 8.78. The first kappa shape index (κ1) is 19.5. The molecule has 1 aromatic rings. The standard InChI is InChI=1S/C20H28F2O/c1-3-5-6-7-8-9-10-11-12-13-16-23-18-15-14-17(4-2)19(21)20(18)22/h2,14-15H,3,5-13,16H2,1H3. The van der Waals surface area contributed by atoms with Crippen molar-refractivity contribution >= 4 is 0 Å². The maximum atomic E-state index is 13.7. The van der Waals surface area contributed by atoms with E-state index in [1.165, 1.54) is 63.5 Å². The van der Waals surface area contributed by atoms with Crippen LogP contribution in [0.25, 0.3) is 0 Å². The quantitative estimate of drug-likeness (QED) is 0.326. The van der Waals surface area contributed by atoms with Crippen molar-refractivity contribution in [1.82, 2.24) is 0 Å². The summed E-state index contributed by atoms with van der Waals surface area (Å²) >= 11 is 0. The molecule has 0 aliphatic rings. The van der Waals surface area contributed by atoms with Crippen molar-refractivity contribution < 1.29 is 13.5 Å². The molecule has 0 heterocycles. The molecule has 0 aromatic heterocycles. The third-order valence-electron chi connectivity index (χ3n) is 3.96. The van der Waals surface area contributed by atoms with Crippen molar-refractivity contribution in [3.05, 3.63) is 29.3 Å². The Bertz CT molecular complexity index is 491. The molecule has 0 saturated carbocycles. The van der Waals surface area contributed by atoms with Gasteiger partial charge >= 0.3 is 0 Å². The fraction of sp³-hybridized carbons (Fsp3) is 0.600. The van der Waals surface area contributed by atoms with E-state index >= 15 is 0 Å². The number of rotatable bonds is 12. The average Bonchev–Trinajstić information content (AvgIpc) is 2.56. The summed E-state index contributed by atoms with van der Waals surface area (Å²) in [7, 11) is 0.